The van der Waals surface area contributed by atoms with Gasteiger partial charge in [0.25, 0.3) is 0 Å². The molecule has 0 bridgehead atoms. The first-order valence-electron chi connectivity index (χ1n) is 27.4. The fraction of sp³-hybridized carbons (Fsp3) is 0.907. The zero-order valence-corrected chi connectivity index (χ0v) is 43.6. The summed E-state index contributed by atoms with van der Waals surface area (Å²) in [5.74, 6) is -1.98. The maximum Gasteiger partial charge on any atom is 0.309 e. The first-order chi connectivity index (χ1) is 33.1. The average molecular weight is 968 g/mol. The first kappa shape index (κ1) is 61.3. The fourth-order valence-electron chi connectivity index (χ4n) is 8.48. The molecule has 0 aromatic heterocycles. The van der Waals surface area contributed by atoms with Gasteiger partial charge in [-0.15, -0.1) is 0 Å². The molecule has 2 aliphatic heterocycles. The minimum Gasteiger partial charge on any atom is -0.465 e. The highest BCUT2D eigenvalue weighted by atomic mass is 16.6. The summed E-state index contributed by atoms with van der Waals surface area (Å²) in [7, 11) is 2.05. The quantitative estimate of drug-likeness (QED) is 0.0322. The van der Waals surface area contributed by atoms with E-state index >= 15 is 0 Å². The maximum atomic E-state index is 13.2. The number of nitrogens with zero attached hydrogens (tertiary/aromatic N) is 1. The molecule has 2 rings (SSSR count). The van der Waals surface area contributed by atoms with Crippen LogP contribution in [0.15, 0.2) is 0 Å². The van der Waals surface area contributed by atoms with E-state index in [0.29, 0.717) is 38.5 Å². The summed E-state index contributed by atoms with van der Waals surface area (Å²) in [6, 6.07) is 0. The third-order valence-corrected chi connectivity index (χ3v) is 13.2. The molecular formula is C54H97NO13. The molecule has 14 heteroatoms. The van der Waals surface area contributed by atoms with Gasteiger partial charge in [-0.05, 0) is 71.5 Å². The minimum atomic E-state index is -0.591. The van der Waals surface area contributed by atoms with Crippen molar-refractivity contribution in [2.75, 3.05) is 73.0 Å². The molecule has 0 aromatic carbocycles. The standard InChI is InChI=1S/C54H97NO13/c1-6-10-14-18-22-26-49(56)64-38-44(39-65-50(57)27-23-19-15-11-7-2)32-36-61-47-42-63-48(43-68-54(60)46-30-34-55(5)35-31-46)53(47)62-37-33-45(40-66-51(58)28-24-20-16-12-8-3)41-67-52(59)29-25-21-17-13-9-4/h44-48,53H,6-43H2,1-5H3/t47-,48+,53+/m0/s1. The number of piperidine rings is 1. The molecule has 2 aliphatic rings. The normalized spacial score (nSPS) is 17.7. The molecule has 0 amide bonds. The van der Waals surface area contributed by atoms with Crippen LogP contribution in [0.2, 0.25) is 0 Å². The van der Waals surface area contributed by atoms with Crippen LogP contribution in [0, 0.1) is 17.8 Å². The van der Waals surface area contributed by atoms with E-state index in [2.05, 4.69) is 32.6 Å². The topological polar surface area (TPSA) is 162 Å². The molecule has 0 aromatic rings. The third kappa shape index (κ3) is 30.7. The van der Waals surface area contributed by atoms with Crippen LogP contribution in [0.25, 0.3) is 0 Å². The minimum absolute atomic E-state index is 0.0102. The van der Waals surface area contributed by atoms with Crippen molar-refractivity contribution in [1.82, 2.24) is 4.90 Å². The van der Waals surface area contributed by atoms with Gasteiger partial charge in [0.05, 0.1) is 39.0 Å². The Bertz CT molecular complexity index is 1250. The number of carbonyl (C=O) groups excluding carboxylic acids is 5. The zero-order chi connectivity index (χ0) is 49.5. The molecule has 14 nitrogen and oxygen atoms in total. The fourth-order valence-corrected chi connectivity index (χ4v) is 8.48. The van der Waals surface area contributed by atoms with Crippen molar-refractivity contribution < 1.29 is 61.9 Å². The number of carbonyl (C=O) groups is 5. The van der Waals surface area contributed by atoms with Crippen molar-refractivity contribution in [3.8, 4) is 0 Å². The van der Waals surface area contributed by atoms with Gasteiger partial charge in [-0.1, -0.05) is 130 Å². The molecule has 396 valence electrons. The van der Waals surface area contributed by atoms with Gasteiger partial charge in [-0.3, -0.25) is 24.0 Å². The van der Waals surface area contributed by atoms with Crippen LogP contribution in [0.3, 0.4) is 0 Å². The summed E-state index contributed by atoms with van der Waals surface area (Å²) in [5.41, 5.74) is 0. The van der Waals surface area contributed by atoms with E-state index in [1.165, 1.54) is 0 Å². The van der Waals surface area contributed by atoms with Crippen LogP contribution in [0.4, 0.5) is 0 Å². The summed E-state index contributed by atoms with van der Waals surface area (Å²) in [5, 5.41) is 0. The molecule has 0 aliphatic carbocycles. The summed E-state index contributed by atoms with van der Waals surface area (Å²) < 4.78 is 47.9. The first-order valence-corrected chi connectivity index (χ1v) is 27.4. The third-order valence-electron chi connectivity index (χ3n) is 13.2. The summed E-state index contributed by atoms with van der Waals surface area (Å²) in [6.07, 6.45) is 22.7. The number of ether oxygens (including phenoxy) is 8. The highest BCUT2D eigenvalue weighted by Crippen LogP contribution is 2.25. The molecule has 0 spiro atoms. The number of esters is 5. The summed E-state index contributed by atoms with van der Waals surface area (Å²) in [4.78, 5) is 66.2. The van der Waals surface area contributed by atoms with Crippen LogP contribution < -0.4 is 0 Å². The van der Waals surface area contributed by atoms with Crippen molar-refractivity contribution in [3.05, 3.63) is 0 Å². The van der Waals surface area contributed by atoms with E-state index < -0.39 is 18.3 Å². The van der Waals surface area contributed by atoms with Gasteiger partial charge in [0.15, 0.2) is 0 Å². The lowest BCUT2D eigenvalue weighted by Crippen LogP contribution is -2.40. The number of hydrogen-bond donors (Lipinski definition) is 0. The van der Waals surface area contributed by atoms with Crippen molar-refractivity contribution in [2.45, 2.75) is 226 Å². The summed E-state index contributed by atoms with van der Waals surface area (Å²) in [6.45, 7) is 11.5. The predicted octanol–water partition coefficient (Wildman–Crippen LogP) is 10.7. The molecule has 0 radical (unpaired) electrons. The Hall–Kier alpha value is -2.81. The highest BCUT2D eigenvalue weighted by Gasteiger charge is 2.40. The number of likely N-dealkylation sites (tertiary alicyclic amines) is 1. The molecule has 2 fully saturated rings. The Morgan fingerprint density at radius 1 is 0.500 bits per heavy atom. The van der Waals surface area contributed by atoms with Crippen LogP contribution in [0.1, 0.15) is 207 Å². The van der Waals surface area contributed by atoms with E-state index in [9.17, 15) is 24.0 Å². The van der Waals surface area contributed by atoms with E-state index in [0.717, 1.165) is 154 Å². The smallest absolute Gasteiger partial charge is 0.309 e. The largest absolute Gasteiger partial charge is 0.465 e. The van der Waals surface area contributed by atoms with E-state index in [4.69, 9.17) is 37.9 Å². The zero-order valence-electron chi connectivity index (χ0n) is 43.6. The van der Waals surface area contributed by atoms with Crippen LogP contribution in [0.5, 0.6) is 0 Å². The highest BCUT2D eigenvalue weighted by molar-refractivity contribution is 5.72. The van der Waals surface area contributed by atoms with Gasteiger partial charge < -0.3 is 42.8 Å². The van der Waals surface area contributed by atoms with Gasteiger partial charge >= 0.3 is 29.8 Å². The Balaban J connectivity index is 2.11. The molecule has 0 N–H and O–H groups in total. The number of unbranched alkanes of at least 4 members (excludes halogenated alkanes) is 16. The molecule has 2 saturated heterocycles. The molecular weight excluding hydrogens is 871 g/mol. The molecule has 0 unspecified atom stereocenters. The van der Waals surface area contributed by atoms with Gasteiger partial charge in [0, 0.05) is 50.7 Å². The van der Waals surface area contributed by atoms with Gasteiger partial charge in [0.2, 0.25) is 0 Å². The van der Waals surface area contributed by atoms with E-state index in [1.54, 1.807) is 0 Å². The second kappa shape index (κ2) is 40.9. The lowest BCUT2D eigenvalue weighted by atomic mass is 9.97. The second-order valence-corrected chi connectivity index (χ2v) is 19.5. The van der Waals surface area contributed by atoms with Gasteiger partial charge in [-0.2, -0.15) is 0 Å². The van der Waals surface area contributed by atoms with Crippen LogP contribution >= 0.6 is 0 Å². The lowest BCUT2D eigenvalue weighted by Gasteiger charge is -2.28. The molecule has 3 atom stereocenters. The Morgan fingerprint density at radius 3 is 1.25 bits per heavy atom. The second-order valence-electron chi connectivity index (χ2n) is 19.5. The molecule has 0 saturated carbocycles. The van der Waals surface area contributed by atoms with Crippen molar-refractivity contribution in [2.24, 2.45) is 17.8 Å². The van der Waals surface area contributed by atoms with Crippen molar-refractivity contribution >= 4 is 29.8 Å². The Kier molecular flexibility index (Phi) is 36.9. The van der Waals surface area contributed by atoms with Gasteiger partial charge in [-0.25, -0.2) is 0 Å². The Morgan fingerprint density at radius 2 is 0.868 bits per heavy atom. The maximum absolute atomic E-state index is 13.2. The number of rotatable bonds is 43. The van der Waals surface area contributed by atoms with Gasteiger partial charge in [0.1, 0.15) is 24.9 Å². The average Bonchev–Trinajstić information content (AvgIpc) is 3.72. The van der Waals surface area contributed by atoms with E-state index in [1.807, 2.05) is 7.05 Å². The monoisotopic (exact) mass is 968 g/mol. The molecule has 68 heavy (non-hydrogen) atoms. The van der Waals surface area contributed by atoms with Crippen molar-refractivity contribution in [3.63, 3.8) is 0 Å². The predicted molar refractivity (Wildman–Crippen MR) is 264 cm³/mol. The SMILES string of the molecule is CCCCCCCC(=O)OCC(CCO[C@@H]1[C@@H](OCCC(COC(=O)CCCCCCC)COC(=O)CCCCCCC)CO[C@@H]1COC(=O)C1CCN(C)CC1)COC(=O)CCCCCCC. The lowest BCUT2D eigenvalue weighted by molar-refractivity contribution is -0.157. The van der Waals surface area contributed by atoms with Crippen LogP contribution in [-0.4, -0.2) is 126 Å². The molecule has 2 heterocycles. The number of hydrogen-bond acceptors (Lipinski definition) is 14. The summed E-state index contributed by atoms with van der Waals surface area (Å²) >= 11 is 0. The van der Waals surface area contributed by atoms with E-state index in [-0.39, 0.29) is 100 Å². The Labute approximate surface area is 412 Å². The van der Waals surface area contributed by atoms with Crippen LogP contribution in [-0.2, 0) is 61.9 Å². The van der Waals surface area contributed by atoms with Crippen molar-refractivity contribution in [1.29, 1.82) is 0 Å².